The molecule has 0 bridgehead atoms. The average molecular weight is 277 g/mol. The van der Waals surface area contributed by atoms with Crippen LogP contribution in [0.4, 0.5) is 17.6 Å². The van der Waals surface area contributed by atoms with E-state index in [-0.39, 0.29) is 18.3 Å². The molecule has 0 unspecified atom stereocenters. The van der Waals surface area contributed by atoms with Crippen molar-refractivity contribution >= 4 is 0 Å². The van der Waals surface area contributed by atoms with Crippen molar-refractivity contribution in [2.24, 2.45) is 0 Å². The van der Waals surface area contributed by atoms with Crippen LogP contribution in [0.15, 0.2) is 18.2 Å². The van der Waals surface area contributed by atoms with E-state index in [4.69, 9.17) is 4.74 Å². The molecule has 1 N–H and O–H groups in total. The van der Waals surface area contributed by atoms with Crippen LogP contribution in [0.2, 0.25) is 0 Å². The second-order valence-electron chi connectivity index (χ2n) is 4.61. The van der Waals surface area contributed by atoms with Crippen LogP contribution in [0.1, 0.15) is 24.0 Å². The van der Waals surface area contributed by atoms with Gasteiger partial charge in [0, 0.05) is 0 Å². The summed E-state index contributed by atoms with van der Waals surface area (Å²) in [6.07, 6.45) is -2.87. The number of hydrogen-bond donors (Lipinski definition) is 1. The van der Waals surface area contributed by atoms with E-state index in [9.17, 15) is 17.6 Å². The molecule has 0 saturated carbocycles. The number of alkyl halides is 3. The number of halogens is 4. The number of rotatable bonds is 3. The molecule has 0 spiro atoms. The fraction of sp³-hybridized carbons (Fsp3) is 0.538. The van der Waals surface area contributed by atoms with Crippen LogP contribution in [-0.2, 0) is 17.5 Å². The van der Waals surface area contributed by atoms with E-state index < -0.39 is 17.6 Å². The maximum Gasteiger partial charge on any atom is 0.416 e. The molecule has 106 valence electrons. The highest BCUT2D eigenvalue weighted by atomic mass is 19.4. The zero-order chi connectivity index (χ0) is 13.9. The number of hydrogen-bond acceptors (Lipinski definition) is 2. The van der Waals surface area contributed by atoms with Crippen molar-refractivity contribution in [3.63, 3.8) is 0 Å². The van der Waals surface area contributed by atoms with Gasteiger partial charge in [0.1, 0.15) is 5.82 Å². The minimum atomic E-state index is -4.54. The summed E-state index contributed by atoms with van der Waals surface area (Å²) in [6, 6.07) is 2.51. The number of piperidine rings is 1. The summed E-state index contributed by atoms with van der Waals surface area (Å²) in [6.45, 7) is 1.68. The first-order chi connectivity index (χ1) is 8.95. The van der Waals surface area contributed by atoms with Crippen molar-refractivity contribution in [2.45, 2.75) is 31.7 Å². The Balaban J connectivity index is 2.01. The molecule has 1 aliphatic heterocycles. The largest absolute Gasteiger partial charge is 0.416 e. The van der Waals surface area contributed by atoms with Crippen LogP contribution in [0.3, 0.4) is 0 Å². The third-order valence-electron chi connectivity index (χ3n) is 3.06. The Labute approximate surface area is 108 Å². The first kappa shape index (κ1) is 14.3. The van der Waals surface area contributed by atoms with Gasteiger partial charge in [0.25, 0.3) is 0 Å². The first-order valence-electron chi connectivity index (χ1n) is 6.14. The maximum absolute atomic E-state index is 13.2. The molecule has 0 radical (unpaired) electrons. The molecule has 19 heavy (non-hydrogen) atoms. The number of benzene rings is 1. The van der Waals surface area contributed by atoms with E-state index in [1.54, 1.807) is 0 Å². The molecule has 6 heteroatoms. The molecule has 2 rings (SSSR count). The van der Waals surface area contributed by atoms with E-state index >= 15 is 0 Å². The highest BCUT2D eigenvalue weighted by Gasteiger charge is 2.31. The number of nitrogens with one attached hydrogen (secondary N) is 1. The summed E-state index contributed by atoms with van der Waals surface area (Å²) in [7, 11) is 0. The van der Waals surface area contributed by atoms with Gasteiger partial charge in [-0.05, 0) is 49.7 Å². The first-order valence-corrected chi connectivity index (χ1v) is 6.14. The quantitative estimate of drug-likeness (QED) is 0.857. The van der Waals surface area contributed by atoms with Crippen LogP contribution in [0.5, 0.6) is 0 Å². The van der Waals surface area contributed by atoms with Crippen molar-refractivity contribution in [1.82, 2.24) is 5.32 Å². The fourth-order valence-corrected chi connectivity index (χ4v) is 2.07. The SMILES string of the molecule is Fc1cc(COC2CCNCC2)cc(C(F)(F)F)c1. The second-order valence-corrected chi connectivity index (χ2v) is 4.61. The Morgan fingerprint density at radius 2 is 1.84 bits per heavy atom. The number of ether oxygens (including phenoxy) is 1. The molecule has 2 nitrogen and oxygen atoms in total. The molecule has 0 aromatic heterocycles. The smallest absolute Gasteiger partial charge is 0.373 e. The van der Waals surface area contributed by atoms with E-state index in [1.807, 2.05) is 0 Å². The van der Waals surface area contributed by atoms with Crippen molar-refractivity contribution in [3.05, 3.63) is 35.1 Å². The van der Waals surface area contributed by atoms with Gasteiger partial charge in [-0.25, -0.2) is 4.39 Å². The van der Waals surface area contributed by atoms with E-state index in [1.165, 1.54) is 0 Å². The summed E-state index contributed by atoms with van der Waals surface area (Å²) in [5.41, 5.74) is -0.762. The van der Waals surface area contributed by atoms with Gasteiger partial charge in [-0.1, -0.05) is 0 Å². The monoisotopic (exact) mass is 277 g/mol. The van der Waals surface area contributed by atoms with Gasteiger partial charge in [-0.3, -0.25) is 0 Å². The van der Waals surface area contributed by atoms with E-state index in [2.05, 4.69) is 5.32 Å². The molecule has 1 aromatic rings. The lowest BCUT2D eigenvalue weighted by Gasteiger charge is -2.23. The molecule has 0 aliphatic carbocycles. The van der Waals surface area contributed by atoms with E-state index in [0.717, 1.165) is 38.1 Å². The van der Waals surface area contributed by atoms with Crippen molar-refractivity contribution in [3.8, 4) is 0 Å². The van der Waals surface area contributed by atoms with Gasteiger partial charge in [0.2, 0.25) is 0 Å². The third kappa shape index (κ3) is 4.18. The molecule has 1 aromatic carbocycles. The highest BCUT2D eigenvalue weighted by molar-refractivity contribution is 5.26. The van der Waals surface area contributed by atoms with Crippen molar-refractivity contribution < 1.29 is 22.3 Å². The summed E-state index contributed by atoms with van der Waals surface area (Å²) in [5.74, 6) is -0.890. The van der Waals surface area contributed by atoms with Crippen LogP contribution >= 0.6 is 0 Å². The van der Waals surface area contributed by atoms with Gasteiger partial charge >= 0.3 is 6.18 Å². The zero-order valence-electron chi connectivity index (χ0n) is 10.3. The molecule has 1 heterocycles. The topological polar surface area (TPSA) is 21.3 Å². The lowest BCUT2D eigenvalue weighted by molar-refractivity contribution is -0.137. The average Bonchev–Trinajstić information content (AvgIpc) is 2.36. The Kier molecular flexibility index (Phi) is 4.42. The summed E-state index contributed by atoms with van der Waals surface area (Å²) in [4.78, 5) is 0. The predicted molar refractivity (Wildman–Crippen MR) is 62.1 cm³/mol. The minimum absolute atomic E-state index is 0.00546. The Morgan fingerprint density at radius 1 is 1.16 bits per heavy atom. The normalized spacial score (nSPS) is 17.7. The molecule has 1 aliphatic rings. The van der Waals surface area contributed by atoms with Crippen molar-refractivity contribution in [1.29, 1.82) is 0 Å². The molecule has 0 atom stereocenters. The van der Waals surface area contributed by atoms with Gasteiger partial charge in [0.05, 0.1) is 18.3 Å². The van der Waals surface area contributed by atoms with Gasteiger partial charge < -0.3 is 10.1 Å². The Morgan fingerprint density at radius 3 is 2.47 bits per heavy atom. The molecule has 0 amide bonds. The predicted octanol–water partition coefficient (Wildman–Crippen LogP) is 3.11. The van der Waals surface area contributed by atoms with Crippen molar-refractivity contribution in [2.75, 3.05) is 13.1 Å². The van der Waals surface area contributed by atoms with Gasteiger partial charge in [-0.2, -0.15) is 13.2 Å². The fourth-order valence-electron chi connectivity index (χ4n) is 2.07. The summed E-state index contributed by atoms with van der Waals surface area (Å²) >= 11 is 0. The van der Waals surface area contributed by atoms with Crippen LogP contribution in [0.25, 0.3) is 0 Å². The molecule has 1 fully saturated rings. The lowest BCUT2D eigenvalue weighted by atomic mass is 10.1. The summed E-state index contributed by atoms with van der Waals surface area (Å²) < 4.78 is 56.3. The highest BCUT2D eigenvalue weighted by Crippen LogP contribution is 2.30. The molecule has 1 saturated heterocycles. The third-order valence-corrected chi connectivity index (χ3v) is 3.06. The van der Waals surface area contributed by atoms with Crippen LogP contribution in [0, 0.1) is 5.82 Å². The Hall–Kier alpha value is -1.14. The maximum atomic E-state index is 13.2. The molecular formula is C13H15F4NO. The van der Waals surface area contributed by atoms with Crippen LogP contribution in [-0.4, -0.2) is 19.2 Å². The molecular weight excluding hydrogens is 262 g/mol. The summed E-state index contributed by atoms with van der Waals surface area (Å²) in [5, 5.41) is 3.16. The van der Waals surface area contributed by atoms with Crippen LogP contribution < -0.4 is 5.32 Å². The lowest BCUT2D eigenvalue weighted by Crippen LogP contribution is -2.32. The minimum Gasteiger partial charge on any atom is -0.373 e. The van der Waals surface area contributed by atoms with Gasteiger partial charge in [0.15, 0.2) is 0 Å². The second kappa shape index (κ2) is 5.88. The van der Waals surface area contributed by atoms with Gasteiger partial charge in [-0.15, -0.1) is 0 Å². The zero-order valence-corrected chi connectivity index (χ0v) is 10.3. The Bertz CT molecular complexity index is 427. The van der Waals surface area contributed by atoms with E-state index in [0.29, 0.717) is 6.07 Å². The standard InChI is InChI=1S/C13H15F4NO/c14-11-6-9(5-10(7-11)13(15,16)17)8-19-12-1-3-18-4-2-12/h5-7,12,18H,1-4,8H2.